The Balaban J connectivity index is 1.51. The van der Waals surface area contributed by atoms with Gasteiger partial charge in [-0.25, -0.2) is 18.4 Å². The number of alkyl halides is 3. The van der Waals surface area contributed by atoms with Crippen LogP contribution in [-0.2, 0) is 21.8 Å². The minimum Gasteiger partial charge on any atom is -0.329 e. The molecule has 0 unspecified atom stereocenters. The van der Waals surface area contributed by atoms with Crippen molar-refractivity contribution in [3.63, 3.8) is 0 Å². The number of sulfone groups is 1. The summed E-state index contributed by atoms with van der Waals surface area (Å²) >= 11 is 0. The predicted octanol–water partition coefficient (Wildman–Crippen LogP) is 4.87. The van der Waals surface area contributed by atoms with Crippen LogP contribution in [0.15, 0.2) is 78.2 Å². The third-order valence-electron chi connectivity index (χ3n) is 5.13. The molecule has 32 heavy (non-hydrogen) atoms. The molecular formula is C22H15F3N4O2S. The Morgan fingerprint density at radius 1 is 0.969 bits per heavy atom. The van der Waals surface area contributed by atoms with Crippen molar-refractivity contribution in [2.24, 2.45) is 0 Å². The summed E-state index contributed by atoms with van der Waals surface area (Å²) < 4.78 is 66.2. The second kappa shape index (κ2) is 7.20. The molecule has 0 saturated carbocycles. The molecule has 0 amide bonds. The summed E-state index contributed by atoms with van der Waals surface area (Å²) in [7, 11) is -3.79. The first-order chi connectivity index (χ1) is 15.2. The van der Waals surface area contributed by atoms with E-state index >= 15 is 0 Å². The molecule has 162 valence electrons. The highest BCUT2D eigenvalue weighted by Crippen LogP contribution is 2.31. The van der Waals surface area contributed by atoms with E-state index in [2.05, 4.69) is 15.0 Å². The third kappa shape index (κ3) is 3.52. The molecule has 10 heteroatoms. The molecule has 0 fully saturated rings. The Hall–Kier alpha value is -3.66. The number of aromatic nitrogens is 4. The van der Waals surface area contributed by atoms with E-state index in [1.807, 2.05) is 0 Å². The Kier molecular flexibility index (Phi) is 4.55. The van der Waals surface area contributed by atoms with Crippen LogP contribution < -0.4 is 0 Å². The maximum absolute atomic E-state index is 13.0. The van der Waals surface area contributed by atoms with E-state index in [1.165, 1.54) is 18.3 Å². The minimum atomic E-state index is -4.42. The van der Waals surface area contributed by atoms with Crippen LogP contribution in [0.5, 0.6) is 0 Å². The lowest BCUT2D eigenvalue weighted by Crippen LogP contribution is -2.08. The van der Waals surface area contributed by atoms with E-state index in [0.717, 1.165) is 12.1 Å². The molecule has 6 nitrogen and oxygen atoms in total. The zero-order valence-corrected chi connectivity index (χ0v) is 17.2. The number of imidazole rings is 2. The van der Waals surface area contributed by atoms with Crippen molar-refractivity contribution < 1.29 is 21.6 Å². The van der Waals surface area contributed by atoms with Crippen LogP contribution in [0.1, 0.15) is 11.1 Å². The molecule has 5 aromatic rings. The number of fused-ring (bicyclic) bond motifs is 2. The number of nitrogens with one attached hydrogen (secondary N) is 1. The van der Waals surface area contributed by atoms with Crippen LogP contribution in [0.25, 0.3) is 27.9 Å². The molecular weight excluding hydrogens is 441 g/mol. The Morgan fingerprint density at radius 3 is 2.44 bits per heavy atom. The Morgan fingerprint density at radius 2 is 1.72 bits per heavy atom. The number of nitrogens with zero attached hydrogens (tertiary/aromatic N) is 3. The van der Waals surface area contributed by atoms with E-state index in [9.17, 15) is 21.6 Å². The van der Waals surface area contributed by atoms with Gasteiger partial charge in [-0.2, -0.15) is 13.2 Å². The highest BCUT2D eigenvalue weighted by atomic mass is 32.2. The van der Waals surface area contributed by atoms with Gasteiger partial charge < -0.3 is 4.98 Å². The molecule has 3 heterocycles. The average Bonchev–Trinajstić information content (AvgIpc) is 3.38. The van der Waals surface area contributed by atoms with Gasteiger partial charge in [0.1, 0.15) is 5.65 Å². The number of H-pyrrole nitrogens is 1. The first kappa shape index (κ1) is 20.3. The normalized spacial score (nSPS) is 12.6. The van der Waals surface area contributed by atoms with Gasteiger partial charge in [0.05, 0.1) is 34.2 Å². The lowest BCUT2D eigenvalue weighted by molar-refractivity contribution is -0.137. The van der Waals surface area contributed by atoms with Gasteiger partial charge in [-0.3, -0.25) is 4.40 Å². The predicted molar refractivity (Wildman–Crippen MR) is 113 cm³/mol. The van der Waals surface area contributed by atoms with Gasteiger partial charge in [0.15, 0.2) is 0 Å². The van der Waals surface area contributed by atoms with E-state index in [-0.39, 0.29) is 10.9 Å². The van der Waals surface area contributed by atoms with E-state index in [4.69, 9.17) is 0 Å². The second-order valence-corrected chi connectivity index (χ2v) is 9.17. The lowest BCUT2D eigenvalue weighted by Gasteiger charge is -2.08. The number of hydrogen-bond donors (Lipinski definition) is 1. The van der Waals surface area contributed by atoms with Gasteiger partial charge in [-0.1, -0.05) is 30.3 Å². The van der Waals surface area contributed by atoms with E-state index in [0.29, 0.717) is 33.5 Å². The molecule has 0 aliphatic carbocycles. The molecule has 0 aliphatic heterocycles. The van der Waals surface area contributed by atoms with Crippen molar-refractivity contribution in [1.29, 1.82) is 0 Å². The van der Waals surface area contributed by atoms with Crippen molar-refractivity contribution in [3.05, 3.63) is 84.2 Å². The Labute approximate surface area is 180 Å². The number of pyridine rings is 1. The smallest absolute Gasteiger partial charge is 0.329 e. The molecule has 0 aliphatic rings. The summed E-state index contributed by atoms with van der Waals surface area (Å²) in [5.74, 6) is -0.333. The fraction of sp³-hybridized carbons (Fsp3) is 0.0909. The van der Waals surface area contributed by atoms with Crippen LogP contribution in [0.2, 0.25) is 0 Å². The topological polar surface area (TPSA) is 80.1 Å². The maximum Gasteiger partial charge on any atom is 0.416 e. The minimum absolute atomic E-state index is 0.129. The highest BCUT2D eigenvalue weighted by Gasteiger charge is 2.30. The molecule has 0 radical (unpaired) electrons. The molecule has 2 aromatic carbocycles. The van der Waals surface area contributed by atoms with Crippen molar-refractivity contribution >= 4 is 26.5 Å². The van der Waals surface area contributed by atoms with Gasteiger partial charge in [-0.15, -0.1) is 0 Å². The number of halogens is 3. The maximum atomic E-state index is 13.0. The number of hydrogen-bond acceptors (Lipinski definition) is 4. The Bertz CT molecular complexity index is 1520. The quantitative estimate of drug-likeness (QED) is 0.418. The zero-order chi connectivity index (χ0) is 22.5. The molecule has 0 bridgehead atoms. The largest absolute Gasteiger partial charge is 0.416 e. The first-order valence-corrected chi connectivity index (χ1v) is 11.2. The molecule has 0 spiro atoms. The van der Waals surface area contributed by atoms with Gasteiger partial charge in [-0.05, 0) is 30.3 Å². The summed E-state index contributed by atoms with van der Waals surface area (Å²) in [4.78, 5) is 11.3. The second-order valence-electron chi connectivity index (χ2n) is 7.26. The van der Waals surface area contributed by atoms with Crippen LogP contribution >= 0.6 is 0 Å². The molecule has 0 atom stereocenters. The van der Waals surface area contributed by atoms with Gasteiger partial charge in [0.2, 0.25) is 15.0 Å². The first-order valence-electron chi connectivity index (χ1n) is 9.52. The van der Waals surface area contributed by atoms with Gasteiger partial charge >= 0.3 is 6.18 Å². The fourth-order valence-corrected chi connectivity index (χ4v) is 4.85. The van der Waals surface area contributed by atoms with Crippen molar-refractivity contribution in [3.8, 4) is 11.3 Å². The van der Waals surface area contributed by atoms with Crippen molar-refractivity contribution in [1.82, 2.24) is 19.4 Å². The average molecular weight is 456 g/mol. The zero-order valence-electron chi connectivity index (χ0n) is 16.3. The van der Waals surface area contributed by atoms with Crippen LogP contribution in [0, 0.1) is 0 Å². The molecule has 5 rings (SSSR count). The molecule has 0 saturated heterocycles. The van der Waals surface area contributed by atoms with Crippen molar-refractivity contribution in [2.75, 3.05) is 0 Å². The SMILES string of the molecule is O=S(=O)(Cc1cccn2c(-c3ccc(C(F)(F)F)cc3)cnc12)c1nc2ccccc2[nH]1. The molecule has 1 N–H and O–H groups in total. The van der Waals surface area contributed by atoms with Crippen LogP contribution in [0.3, 0.4) is 0 Å². The fourth-order valence-electron chi connectivity index (χ4n) is 3.58. The summed E-state index contributed by atoms with van der Waals surface area (Å²) in [5.41, 5.74) is 2.37. The van der Waals surface area contributed by atoms with E-state index < -0.39 is 21.6 Å². The molecule has 3 aromatic heterocycles. The summed E-state index contributed by atoms with van der Waals surface area (Å²) in [6.07, 6.45) is -1.22. The number of aromatic amines is 1. The number of para-hydroxylation sites is 2. The monoisotopic (exact) mass is 456 g/mol. The van der Waals surface area contributed by atoms with Gasteiger partial charge in [0.25, 0.3) is 0 Å². The van der Waals surface area contributed by atoms with Gasteiger partial charge in [0, 0.05) is 17.3 Å². The summed E-state index contributed by atoms with van der Waals surface area (Å²) in [6, 6.07) is 15.1. The third-order valence-corrected chi connectivity index (χ3v) is 6.61. The van der Waals surface area contributed by atoms with Crippen LogP contribution in [-0.4, -0.2) is 27.8 Å². The van der Waals surface area contributed by atoms with E-state index in [1.54, 1.807) is 47.0 Å². The lowest BCUT2D eigenvalue weighted by atomic mass is 10.1. The standard InChI is InChI=1S/C22H15F3N4O2S/c23-22(24,25)16-9-7-14(8-10-16)19-12-26-20-15(4-3-11-29(19)20)13-32(30,31)21-27-17-5-1-2-6-18(17)28-21/h1-12H,13H2,(H,27,28). The highest BCUT2D eigenvalue weighted by molar-refractivity contribution is 7.90. The summed E-state index contributed by atoms with van der Waals surface area (Å²) in [6.45, 7) is 0. The van der Waals surface area contributed by atoms with Crippen molar-refractivity contribution in [2.45, 2.75) is 17.1 Å². The number of benzene rings is 2. The van der Waals surface area contributed by atoms with Crippen LogP contribution in [0.4, 0.5) is 13.2 Å². The number of rotatable bonds is 4. The summed E-state index contributed by atoms with van der Waals surface area (Å²) in [5, 5.41) is -0.129.